The Bertz CT molecular complexity index is 522. The summed E-state index contributed by atoms with van der Waals surface area (Å²) in [4.78, 5) is 14.6. The van der Waals surface area contributed by atoms with Crippen LogP contribution >= 0.6 is 47.8 Å². The summed E-state index contributed by atoms with van der Waals surface area (Å²) in [6.07, 6.45) is 4.38. The van der Waals surface area contributed by atoms with Crippen LogP contribution in [0.5, 0.6) is 0 Å². The van der Waals surface area contributed by atoms with Gasteiger partial charge in [-0.25, -0.2) is 0 Å². The minimum absolute atomic E-state index is 0.0290. The Morgan fingerprint density at radius 1 is 1.10 bits per heavy atom. The highest BCUT2D eigenvalue weighted by Gasteiger charge is 2.35. The predicted molar refractivity (Wildman–Crippen MR) is 91.1 cm³/mol. The Hall–Kier alpha value is 0.0900. The van der Waals surface area contributed by atoms with Gasteiger partial charge < -0.3 is 10.2 Å². The number of carbonyl (C=O) groups excluding carboxylic acids is 1. The third kappa shape index (κ3) is 3.13. The largest absolute Gasteiger partial charge is 0.309 e. The van der Waals surface area contributed by atoms with Crippen molar-refractivity contribution in [3.05, 3.63) is 25.6 Å². The molecule has 1 saturated heterocycles. The monoisotopic (exact) mass is 464 g/mol. The lowest BCUT2D eigenvalue weighted by atomic mass is 10.0. The fraction of sp³-hybridized carbons (Fsp3) is 0.500. The SMILES string of the molecule is O=C1C(NC2CC2)CCCN1c1c(Br)cc(Br)cc1Br. The Balaban J connectivity index is 1.86. The van der Waals surface area contributed by atoms with Gasteiger partial charge in [0.15, 0.2) is 0 Å². The highest BCUT2D eigenvalue weighted by Crippen LogP contribution is 2.38. The first-order valence-electron chi connectivity index (χ1n) is 6.78. The molecule has 2 fully saturated rings. The molecular weight excluding hydrogens is 452 g/mol. The molecule has 2 aliphatic rings. The molecular formula is C14H15Br3N2O. The van der Waals surface area contributed by atoms with Gasteiger partial charge in [0.05, 0.1) is 11.7 Å². The summed E-state index contributed by atoms with van der Waals surface area (Å²) in [6.45, 7) is 0.778. The van der Waals surface area contributed by atoms with Crippen LogP contribution < -0.4 is 10.2 Å². The normalized spacial score (nSPS) is 23.2. The lowest BCUT2D eigenvalue weighted by Gasteiger charge is -2.34. The summed E-state index contributed by atoms with van der Waals surface area (Å²) < 4.78 is 2.84. The number of rotatable bonds is 3. The van der Waals surface area contributed by atoms with Gasteiger partial charge in [-0.2, -0.15) is 0 Å². The van der Waals surface area contributed by atoms with E-state index in [1.807, 2.05) is 17.0 Å². The van der Waals surface area contributed by atoms with Crippen molar-refractivity contribution < 1.29 is 4.79 Å². The zero-order chi connectivity index (χ0) is 14.3. The van der Waals surface area contributed by atoms with Crippen molar-refractivity contribution in [1.29, 1.82) is 0 Å². The number of nitrogens with one attached hydrogen (secondary N) is 1. The molecule has 1 unspecified atom stereocenters. The number of hydrogen-bond acceptors (Lipinski definition) is 2. The quantitative estimate of drug-likeness (QED) is 0.723. The average Bonchev–Trinajstić information content (AvgIpc) is 3.16. The van der Waals surface area contributed by atoms with Crippen LogP contribution in [-0.4, -0.2) is 24.5 Å². The second kappa shape index (κ2) is 6.07. The van der Waals surface area contributed by atoms with Crippen molar-refractivity contribution in [1.82, 2.24) is 5.32 Å². The lowest BCUT2D eigenvalue weighted by molar-refractivity contribution is -0.121. The van der Waals surface area contributed by atoms with E-state index in [1.165, 1.54) is 12.8 Å². The predicted octanol–water partition coefficient (Wildman–Crippen LogP) is 4.22. The minimum atomic E-state index is -0.0290. The number of benzene rings is 1. The van der Waals surface area contributed by atoms with E-state index in [-0.39, 0.29) is 11.9 Å². The van der Waals surface area contributed by atoms with Crippen LogP contribution in [0.2, 0.25) is 0 Å². The van der Waals surface area contributed by atoms with Crippen LogP contribution in [0.4, 0.5) is 5.69 Å². The number of piperidine rings is 1. The Labute approximate surface area is 143 Å². The number of nitrogens with zero attached hydrogens (tertiary/aromatic N) is 1. The highest BCUT2D eigenvalue weighted by molar-refractivity contribution is 9.11. The molecule has 0 radical (unpaired) electrons. The van der Waals surface area contributed by atoms with E-state index in [1.54, 1.807) is 0 Å². The molecule has 1 N–H and O–H groups in total. The average molecular weight is 467 g/mol. The van der Waals surface area contributed by atoms with E-state index in [0.717, 1.165) is 38.5 Å². The summed E-state index contributed by atoms with van der Waals surface area (Å²) in [6, 6.07) is 4.48. The van der Waals surface area contributed by atoms with Crippen molar-refractivity contribution in [3.63, 3.8) is 0 Å². The van der Waals surface area contributed by atoms with Crippen molar-refractivity contribution in [2.45, 2.75) is 37.8 Å². The molecule has 1 atom stereocenters. The van der Waals surface area contributed by atoms with Crippen molar-refractivity contribution in [2.24, 2.45) is 0 Å². The van der Waals surface area contributed by atoms with E-state index in [0.29, 0.717) is 6.04 Å². The van der Waals surface area contributed by atoms with Gasteiger partial charge in [-0.3, -0.25) is 4.79 Å². The Morgan fingerprint density at radius 2 is 1.75 bits per heavy atom. The first-order chi connectivity index (χ1) is 9.56. The summed E-state index contributed by atoms with van der Waals surface area (Å²) in [5.74, 6) is 0.187. The zero-order valence-electron chi connectivity index (χ0n) is 10.8. The zero-order valence-corrected chi connectivity index (χ0v) is 15.6. The molecule has 1 aromatic rings. The topological polar surface area (TPSA) is 32.3 Å². The molecule has 1 saturated carbocycles. The van der Waals surface area contributed by atoms with E-state index >= 15 is 0 Å². The minimum Gasteiger partial charge on any atom is -0.309 e. The summed E-state index contributed by atoms with van der Waals surface area (Å²) in [5.41, 5.74) is 0.931. The molecule has 108 valence electrons. The number of halogens is 3. The first kappa shape index (κ1) is 15.0. The number of hydrogen-bond donors (Lipinski definition) is 1. The number of carbonyl (C=O) groups is 1. The Morgan fingerprint density at radius 3 is 2.35 bits per heavy atom. The molecule has 1 aliphatic heterocycles. The van der Waals surface area contributed by atoms with Gasteiger partial charge in [0.2, 0.25) is 5.91 Å². The second-order valence-corrected chi connectivity index (χ2v) is 7.97. The van der Waals surface area contributed by atoms with Crippen molar-refractivity contribution in [2.75, 3.05) is 11.4 Å². The molecule has 0 bridgehead atoms. The van der Waals surface area contributed by atoms with E-state index < -0.39 is 0 Å². The lowest BCUT2D eigenvalue weighted by Crippen LogP contribution is -2.51. The molecule has 6 heteroatoms. The third-order valence-corrected chi connectivity index (χ3v) is 5.37. The van der Waals surface area contributed by atoms with E-state index in [9.17, 15) is 4.79 Å². The van der Waals surface area contributed by atoms with Crippen molar-refractivity contribution >= 4 is 59.4 Å². The molecule has 20 heavy (non-hydrogen) atoms. The van der Waals surface area contributed by atoms with Crippen LogP contribution in [0.1, 0.15) is 25.7 Å². The van der Waals surface area contributed by atoms with Gasteiger partial charge >= 0.3 is 0 Å². The molecule has 1 amide bonds. The van der Waals surface area contributed by atoms with Crippen molar-refractivity contribution in [3.8, 4) is 0 Å². The fourth-order valence-electron chi connectivity index (χ4n) is 2.58. The third-order valence-electron chi connectivity index (χ3n) is 3.70. The van der Waals surface area contributed by atoms with E-state index in [4.69, 9.17) is 0 Å². The maximum absolute atomic E-state index is 12.7. The van der Waals surface area contributed by atoms with Gasteiger partial charge in [0.1, 0.15) is 0 Å². The highest BCUT2D eigenvalue weighted by atomic mass is 79.9. The van der Waals surface area contributed by atoms with Crippen LogP contribution in [0.3, 0.4) is 0 Å². The standard InChI is InChI=1S/C14H15Br3N2O/c15-8-6-10(16)13(11(17)7-8)19-5-1-2-12(14(19)20)18-9-3-4-9/h6-7,9,12,18H,1-5H2. The maximum Gasteiger partial charge on any atom is 0.244 e. The van der Waals surface area contributed by atoms with Gasteiger partial charge in [-0.05, 0) is 69.7 Å². The van der Waals surface area contributed by atoms with Crippen LogP contribution in [0.25, 0.3) is 0 Å². The smallest absolute Gasteiger partial charge is 0.244 e. The van der Waals surface area contributed by atoms with Gasteiger partial charge in [0, 0.05) is 26.0 Å². The van der Waals surface area contributed by atoms with Gasteiger partial charge in [0.25, 0.3) is 0 Å². The molecule has 3 nitrogen and oxygen atoms in total. The molecule has 0 spiro atoms. The Kier molecular flexibility index (Phi) is 4.55. The molecule has 1 aliphatic carbocycles. The number of anilines is 1. The van der Waals surface area contributed by atoms with Crippen LogP contribution in [-0.2, 0) is 4.79 Å². The van der Waals surface area contributed by atoms with Gasteiger partial charge in [-0.1, -0.05) is 15.9 Å². The molecule has 1 heterocycles. The summed E-state index contributed by atoms with van der Waals surface area (Å²) in [5, 5.41) is 3.46. The number of amides is 1. The molecule has 1 aromatic carbocycles. The fourth-order valence-corrected chi connectivity index (χ4v) is 5.27. The van der Waals surface area contributed by atoms with E-state index in [2.05, 4.69) is 53.1 Å². The first-order valence-corrected chi connectivity index (χ1v) is 9.16. The molecule has 0 aromatic heterocycles. The van der Waals surface area contributed by atoms with Crippen LogP contribution in [0.15, 0.2) is 25.6 Å². The summed E-state index contributed by atoms with van der Waals surface area (Å²) in [7, 11) is 0. The maximum atomic E-state index is 12.7. The van der Waals surface area contributed by atoms with Crippen LogP contribution in [0, 0.1) is 0 Å². The van der Waals surface area contributed by atoms with Gasteiger partial charge in [-0.15, -0.1) is 0 Å². The summed E-state index contributed by atoms with van der Waals surface area (Å²) >= 11 is 10.6. The molecule has 3 rings (SSSR count). The second-order valence-electron chi connectivity index (χ2n) is 5.34.